The second-order valence-electron chi connectivity index (χ2n) is 6.62. The first-order chi connectivity index (χ1) is 10.8. The number of carbonyl (C=O) groups excluding carboxylic acids is 1. The summed E-state index contributed by atoms with van der Waals surface area (Å²) in [7, 11) is 0. The molecule has 122 valence electrons. The van der Waals surface area contributed by atoms with Gasteiger partial charge in [-0.25, -0.2) is 14.1 Å². The third-order valence-electron chi connectivity index (χ3n) is 3.61. The van der Waals surface area contributed by atoms with E-state index in [0.29, 0.717) is 12.2 Å². The zero-order valence-corrected chi connectivity index (χ0v) is 13.6. The molecule has 1 amide bonds. The van der Waals surface area contributed by atoms with Gasteiger partial charge < -0.3 is 4.74 Å². The van der Waals surface area contributed by atoms with Gasteiger partial charge in [0.25, 0.3) is 5.91 Å². The molecule has 2 heterocycles. The molecule has 1 aliphatic heterocycles. The third kappa shape index (κ3) is 2.78. The van der Waals surface area contributed by atoms with Crippen LogP contribution in [0.3, 0.4) is 0 Å². The van der Waals surface area contributed by atoms with Gasteiger partial charge in [0.2, 0.25) is 5.82 Å². The maximum absolute atomic E-state index is 13.9. The van der Waals surface area contributed by atoms with Crippen LogP contribution in [0.5, 0.6) is 5.75 Å². The first-order valence-electron chi connectivity index (χ1n) is 7.46. The fraction of sp³-hybridized carbons (Fsp3) is 0.438. The third-order valence-corrected chi connectivity index (χ3v) is 3.61. The molecule has 0 aliphatic carbocycles. The summed E-state index contributed by atoms with van der Waals surface area (Å²) in [6.07, 6.45) is 1.22. The molecule has 0 saturated carbocycles. The van der Waals surface area contributed by atoms with Gasteiger partial charge in [0.05, 0.1) is 17.8 Å². The van der Waals surface area contributed by atoms with E-state index in [4.69, 9.17) is 4.74 Å². The monoisotopic (exact) mass is 318 g/mol. The highest BCUT2D eigenvalue weighted by Crippen LogP contribution is 2.36. The number of halogens is 1. The number of hydrogen-bond acceptors (Lipinski definition) is 4. The average molecular weight is 318 g/mol. The van der Waals surface area contributed by atoms with Crippen molar-refractivity contribution >= 4 is 11.6 Å². The second kappa shape index (κ2) is 5.33. The number of para-hydroxylation sites is 1. The molecule has 0 fully saturated rings. The van der Waals surface area contributed by atoms with Crippen LogP contribution in [0.15, 0.2) is 24.5 Å². The zero-order valence-electron chi connectivity index (χ0n) is 13.6. The molecule has 0 N–H and O–H groups in total. The Bertz CT molecular complexity index is 751. The first-order valence-corrected chi connectivity index (χ1v) is 7.46. The Morgan fingerprint density at radius 1 is 1.39 bits per heavy atom. The number of anilines is 1. The summed E-state index contributed by atoms with van der Waals surface area (Å²) in [5.74, 6) is -0.672. The lowest BCUT2D eigenvalue weighted by Crippen LogP contribution is -2.43. The number of carbonyl (C=O) groups is 1. The summed E-state index contributed by atoms with van der Waals surface area (Å²) >= 11 is 0. The number of fused-ring (bicyclic) bond motifs is 1. The molecule has 7 heteroatoms. The Morgan fingerprint density at radius 2 is 2.13 bits per heavy atom. The minimum atomic E-state index is -0.486. The van der Waals surface area contributed by atoms with Gasteiger partial charge in [-0.05, 0) is 39.8 Å². The van der Waals surface area contributed by atoms with E-state index in [0.717, 1.165) is 0 Å². The lowest BCUT2D eigenvalue weighted by atomic mass is 10.1. The molecule has 23 heavy (non-hydrogen) atoms. The quantitative estimate of drug-likeness (QED) is 0.811. The van der Waals surface area contributed by atoms with Crippen LogP contribution in [0.2, 0.25) is 0 Å². The van der Waals surface area contributed by atoms with Gasteiger partial charge in [0.1, 0.15) is 12.4 Å². The maximum atomic E-state index is 13.9. The van der Waals surface area contributed by atoms with Gasteiger partial charge in [-0.15, -0.1) is 5.10 Å². The molecule has 1 aliphatic rings. The predicted molar refractivity (Wildman–Crippen MR) is 83.2 cm³/mol. The molecule has 0 radical (unpaired) electrons. The van der Waals surface area contributed by atoms with Gasteiger partial charge in [0.15, 0.2) is 11.6 Å². The van der Waals surface area contributed by atoms with E-state index in [1.165, 1.54) is 17.3 Å². The summed E-state index contributed by atoms with van der Waals surface area (Å²) in [4.78, 5) is 18.3. The smallest absolute Gasteiger partial charge is 0.298 e. The Labute approximate surface area is 133 Å². The van der Waals surface area contributed by atoms with E-state index < -0.39 is 5.82 Å². The van der Waals surface area contributed by atoms with Gasteiger partial charge in [-0.1, -0.05) is 6.07 Å². The van der Waals surface area contributed by atoms with Gasteiger partial charge >= 0.3 is 0 Å². The molecular formula is C16H19FN4O2. The number of rotatable bonds is 1. The molecule has 2 aromatic rings. The molecule has 1 aromatic carbocycles. The van der Waals surface area contributed by atoms with E-state index in [9.17, 15) is 9.18 Å². The number of amides is 1. The van der Waals surface area contributed by atoms with Crippen LogP contribution >= 0.6 is 0 Å². The van der Waals surface area contributed by atoms with Crippen LogP contribution in [0.25, 0.3) is 0 Å². The van der Waals surface area contributed by atoms with Crippen LogP contribution < -0.4 is 9.64 Å². The van der Waals surface area contributed by atoms with E-state index in [-0.39, 0.29) is 29.1 Å². The standard InChI is InChI=1S/C16H19FN4O2/c1-10-8-20(12-7-5-6-11(17)13(12)23-10)15(22)14-18-9-21(19-14)16(2,3)4/h5-7,9-10H,8H2,1-4H3. The summed E-state index contributed by atoms with van der Waals surface area (Å²) in [5.41, 5.74) is 0.133. The summed E-state index contributed by atoms with van der Waals surface area (Å²) in [5, 5.41) is 4.26. The largest absolute Gasteiger partial charge is 0.484 e. The number of nitrogens with zero attached hydrogens (tertiary/aromatic N) is 4. The first kappa shape index (κ1) is 15.5. The molecule has 1 atom stereocenters. The lowest BCUT2D eigenvalue weighted by molar-refractivity contribution is 0.0948. The minimum absolute atomic E-state index is 0.0873. The second-order valence-corrected chi connectivity index (χ2v) is 6.62. The summed E-state index contributed by atoms with van der Waals surface area (Å²) < 4.78 is 21.1. The van der Waals surface area contributed by atoms with Crippen molar-refractivity contribution in [1.82, 2.24) is 14.8 Å². The molecule has 0 bridgehead atoms. The van der Waals surface area contributed by atoms with Crippen molar-refractivity contribution < 1.29 is 13.9 Å². The van der Waals surface area contributed by atoms with Crippen molar-refractivity contribution in [3.05, 3.63) is 36.2 Å². The number of benzene rings is 1. The highest BCUT2D eigenvalue weighted by Gasteiger charge is 2.32. The SMILES string of the molecule is CC1CN(C(=O)c2ncn(C(C)(C)C)n2)c2cccc(F)c2O1. The fourth-order valence-electron chi connectivity index (χ4n) is 2.42. The molecule has 6 nitrogen and oxygen atoms in total. The van der Waals surface area contributed by atoms with Gasteiger partial charge in [-0.2, -0.15) is 0 Å². The van der Waals surface area contributed by atoms with Crippen molar-refractivity contribution in [2.24, 2.45) is 0 Å². The van der Waals surface area contributed by atoms with E-state index in [1.54, 1.807) is 23.7 Å². The van der Waals surface area contributed by atoms with Crippen LogP contribution in [0.1, 0.15) is 38.3 Å². The maximum Gasteiger partial charge on any atom is 0.298 e. The molecule has 0 spiro atoms. The summed E-state index contributed by atoms with van der Waals surface area (Å²) in [6, 6.07) is 4.52. The van der Waals surface area contributed by atoms with Crippen LogP contribution in [-0.2, 0) is 5.54 Å². The fourth-order valence-corrected chi connectivity index (χ4v) is 2.42. The van der Waals surface area contributed by atoms with Crippen molar-refractivity contribution in [3.8, 4) is 5.75 Å². The van der Waals surface area contributed by atoms with Crippen molar-refractivity contribution in [2.45, 2.75) is 39.3 Å². The van der Waals surface area contributed by atoms with E-state index >= 15 is 0 Å². The topological polar surface area (TPSA) is 60.2 Å². The Balaban J connectivity index is 1.97. The van der Waals surface area contributed by atoms with Crippen LogP contribution in [0.4, 0.5) is 10.1 Å². The molecule has 1 unspecified atom stereocenters. The number of hydrogen-bond donors (Lipinski definition) is 0. The predicted octanol–water partition coefficient (Wildman–Crippen LogP) is 2.60. The van der Waals surface area contributed by atoms with Crippen molar-refractivity contribution in [1.29, 1.82) is 0 Å². The number of ether oxygens (including phenoxy) is 1. The van der Waals surface area contributed by atoms with E-state index in [1.807, 2.05) is 20.8 Å². The average Bonchev–Trinajstić information content (AvgIpc) is 2.97. The Hall–Kier alpha value is -2.44. The van der Waals surface area contributed by atoms with Crippen LogP contribution in [-0.4, -0.2) is 33.3 Å². The molecule has 1 aromatic heterocycles. The Kier molecular flexibility index (Phi) is 3.58. The van der Waals surface area contributed by atoms with Gasteiger partial charge in [0, 0.05) is 0 Å². The minimum Gasteiger partial charge on any atom is -0.484 e. The molecule has 3 rings (SSSR count). The van der Waals surface area contributed by atoms with Crippen molar-refractivity contribution in [3.63, 3.8) is 0 Å². The highest BCUT2D eigenvalue weighted by atomic mass is 19.1. The normalized spacial score (nSPS) is 17.6. The zero-order chi connectivity index (χ0) is 16.8. The van der Waals surface area contributed by atoms with E-state index in [2.05, 4.69) is 10.1 Å². The number of aromatic nitrogens is 3. The molecular weight excluding hydrogens is 299 g/mol. The van der Waals surface area contributed by atoms with Crippen LogP contribution in [0, 0.1) is 5.82 Å². The Morgan fingerprint density at radius 3 is 2.78 bits per heavy atom. The molecule has 0 saturated heterocycles. The summed E-state index contributed by atoms with van der Waals surface area (Å²) in [6.45, 7) is 8.02. The highest BCUT2D eigenvalue weighted by molar-refractivity contribution is 6.04. The van der Waals surface area contributed by atoms with Crippen molar-refractivity contribution in [2.75, 3.05) is 11.4 Å². The van der Waals surface area contributed by atoms with Gasteiger partial charge in [-0.3, -0.25) is 9.69 Å². The lowest BCUT2D eigenvalue weighted by Gasteiger charge is -2.32.